The molecule has 88 valence electrons. The first-order valence-electron chi connectivity index (χ1n) is 6.30. The van der Waals surface area contributed by atoms with E-state index in [2.05, 4.69) is 48.3 Å². The highest BCUT2D eigenvalue weighted by Crippen LogP contribution is 2.09. The van der Waals surface area contributed by atoms with Gasteiger partial charge < -0.3 is 0 Å². The summed E-state index contributed by atoms with van der Waals surface area (Å²) in [6, 6.07) is 15.0. The van der Waals surface area contributed by atoms with Crippen LogP contribution in [0.2, 0.25) is 0 Å². The molecular weight excluding hydrogens is 206 g/mol. The molecule has 0 spiro atoms. The molecule has 0 amide bonds. The number of aromatic nitrogens is 1. The zero-order valence-corrected chi connectivity index (χ0v) is 10.4. The summed E-state index contributed by atoms with van der Waals surface area (Å²) in [6.45, 7) is 2.13. The standard InChI is InChI=1S/C16H19N/c1-14-9-11-15(12-10-14)6-2-3-7-16-8-4-5-13-17-16/h4-5,8-13H,2-3,6-7H2,1H3. The van der Waals surface area contributed by atoms with Gasteiger partial charge in [0.05, 0.1) is 0 Å². The van der Waals surface area contributed by atoms with E-state index < -0.39 is 0 Å². The Labute approximate surface area is 104 Å². The van der Waals surface area contributed by atoms with E-state index in [9.17, 15) is 0 Å². The summed E-state index contributed by atoms with van der Waals surface area (Å²) >= 11 is 0. The molecule has 1 aromatic heterocycles. The number of aryl methyl sites for hydroxylation is 3. The summed E-state index contributed by atoms with van der Waals surface area (Å²) in [5, 5.41) is 0. The lowest BCUT2D eigenvalue weighted by Crippen LogP contribution is -1.91. The van der Waals surface area contributed by atoms with Gasteiger partial charge in [0.2, 0.25) is 0 Å². The zero-order chi connectivity index (χ0) is 11.9. The quantitative estimate of drug-likeness (QED) is 0.702. The van der Waals surface area contributed by atoms with Crippen LogP contribution in [-0.4, -0.2) is 4.98 Å². The van der Waals surface area contributed by atoms with Crippen LogP contribution in [0.25, 0.3) is 0 Å². The van der Waals surface area contributed by atoms with Gasteiger partial charge in [-0.25, -0.2) is 0 Å². The van der Waals surface area contributed by atoms with Crippen LogP contribution >= 0.6 is 0 Å². The van der Waals surface area contributed by atoms with Crippen LogP contribution in [0.4, 0.5) is 0 Å². The molecule has 2 rings (SSSR count). The molecule has 0 N–H and O–H groups in total. The molecule has 17 heavy (non-hydrogen) atoms. The third-order valence-electron chi connectivity index (χ3n) is 3.00. The monoisotopic (exact) mass is 225 g/mol. The van der Waals surface area contributed by atoms with Crippen molar-refractivity contribution in [1.82, 2.24) is 4.98 Å². The van der Waals surface area contributed by atoms with Crippen molar-refractivity contribution in [1.29, 1.82) is 0 Å². The van der Waals surface area contributed by atoms with E-state index in [0.29, 0.717) is 0 Å². The normalized spacial score (nSPS) is 10.4. The van der Waals surface area contributed by atoms with Crippen LogP contribution in [0.5, 0.6) is 0 Å². The van der Waals surface area contributed by atoms with Gasteiger partial charge in [-0.1, -0.05) is 35.9 Å². The van der Waals surface area contributed by atoms with E-state index in [0.717, 1.165) is 6.42 Å². The third kappa shape index (κ3) is 4.03. The second-order valence-electron chi connectivity index (χ2n) is 4.51. The maximum Gasteiger partial charge on any atom is 0.0403 e. The highest BCUT2D eigenvalue weighted by atomic mass is 14.7. The Morgan fingerprint density at radius 1 is 0.882 bits per heavy atom. The lowest BCUT2D eigenvalue weighted by atomic mass is 10.0. The van der Waals surface area contributed by atoms with Crippen LogP contribution < -0.4 is 0 Å². The van der Waals surface area contributed by atoms with Gasteiger partial charge >= 0.3 is 0 Å². The molecule has 1 nitrogen and oxygen atoms in total. The molecular formula is C16H19N. The molecule has 1 aromatic carbocycles. The fraction of sp³-hybridized carbons (Fsp3) is 0.312. The highest BCUT2D eigenvalue weighted by molar-refractivity contribution is 5.21. The molecule has 0 atom stereocenters. The van der Waals surface area contributed by atoms with E-state index in [-0.39, 0.29) is 0 Å². The maximum absolute atomic E-state index is 4.33. The Balaban J connectivity index is 1.71. The van der Waals surface area contributed by atoms with Gasteiger partial charge in [-0.05, 0) is 50.3 Å². The molecule has 0 saturated carbocycles. The molecule has 0 aliphatic carbocycles. The average Bonchev–Trinajstić information content (AvgIpc) is 2.38. The summed E-state index contributed by atoms with van der Waals surface area (Å²) in [7, 11) is 0. The van der Waals surface area contributed by atoms with Crippen LogP contribution in [0.1, 0.15) is 29.7 Å². The summed E-state index contributed by atoms with van der Waals surface area (Å²) in [6.07, 6.45) is 6.58. The smallest absolute Gasteiger partial charge is 0.0403 e. The minimum Gasteiger partial charge on any atom is -0.261 e. The van der Waals surface area contributed by atoms with E-state index >= 15 is 0 Å². The molecule has 1 heterocycles. The Morgan fingerprint density at radius 2 is 1.65 bits per heavy atom. The maximum atomic E-state index is 4.33. The summed E-state index contributed by atoms with van der Waals surface area (Å²) in [5.41, 5.74) is 3.98. The number of nitrogens with zero attached hydrogens (tertiary/aromatic N) is 1. The number of unbranched alkanes of at least 4 members (excludes halogenated alkanes) is 1. The first-order valence-corrected chi connectivity index (χ1v) is 6.30. The van der Waals surface area contributed by atoms with Gasteiger partial charge in [0.15, 0.2) is 0 Å². The molecule has 0 bridgehead atoms. The minimum atomic E-state index is 1.09. The average molecular weight is 225 g/mol. The lowest BCUT2D eigenvalue weighted by molar-refractivity contribution is 0.723. The van der Waals surface area contributed by atoms with Crippen molar-refractivity contribution in [3.05, 3.63) is 65.5 Å². The summed E-state index contributed by atoms with van der Waals surface area (Å²) in [4.78, 5) is 4.33. The van der Waals surface area contributed by atoms with Gasteiger partial charge in [0, 0.05) is 11.9 Å². The third-order valence-corrected chi connectivity index (χ3v) is 3.00. The van der Waals surface area contributed by atoms with Gasteiger partial charge in [-0.2, -0.15) is 0 Å². The lowest BCUT2D eigenvalue weighted by Gasteiger charge is -2.02. The number of benzene rings is 1. The fourth-order valence-corrected chi connectivity index (χ4v) is 1.94. The van der Waals surface area contributed by atoms with Gasteiger partial charge in [0.25, 0.3) is 0 Å². The molecule has 0 fully saturated rings. The minimum absolute atomic E-state index is 1.09. The predicted octanol–water partition coefficient (Wildman–Crippen LogP) is 3.96. The molecule has 0 aliphatic rings. The van der Waals surface area contributed by atoms with Crippen molar-refractivity contribution < 1.29 is 0 Å². The van der Waals surface area contributed by atoms with Crippen molar-refractivity contribution in [2.45, 2.75) is 32.6 Å². The topological polar surface area (TPSA) is 12.9 Å². The zero-order valence-electron chi connectivity index (χ0n) is 10.4. The van der Waals surface area contributed by atoms with Crippen molar-refractivity contribution in [3.8, 4) is 0 Å². The number of hydrogen-bond donors (Lipinski definition) is 0. The van der Waals surface area contributed by atoms with Crippen LogP contribution in [0, 0.1) is 6.92 Å². The van der Waals surface area contributed by atoms with Gasteiger partial charge in [0.1, 0.15) is 0 Å². The Hall–Kier alpha value is -1.63. The first kappa shape index (κ1) is 11.8. The van der Waals surface area contributed by atoms with Crippen LogP contribution in [-0.2, 0) is 12.8 Å². The molecule has 2 aromatic rings. The molecule has 0 aliphatic heterocycles. The molecule has 0 radical (unpaired) electrons. The molecule has 0 saturated heterocycles. The van der Waals surface area contributed by atoms with E-state index in [1.807, 2.05) is 12.3 Å². The van der Waals surface area contributed by atoms with Crippen molar-refractivity contribution in [2.75, 3.05) is 0 Å². The van der Waals surface area contributed by atoms with Crippen molar-refractivity contribution in [2.24, 2.45) is 0 Å². The fourth-order valence-electron chi connectivity index (χ4n) is 1.94. The Morgan fingerprint density at radius 3 is 2.35 bits per heavy atom. The SMILES string of the molecule is Cc1ccc(CCCCc2ccccn2)cc1. The van der Waals surface area contributed by atoms with Crippen LogP contribution in [0.3, 0.4) is 0 Å². The number of pyridine rings is 1. The number of hydrogen-bond acceptors (Lipinski definition) is 1. The van der Waals surface area contributed by atoms with E-state index in [1.54, 1.807) is 0 Å². The summed E-state index contributed by atoms with van der Waals surface area (Å²) < 4.78 is 0. The molecule has 1 heteroatoms. The Bertz CT molecular complexity index is 431. The Kier molecular flexibility index (Phi) is 4.31. The van der Waals surface area contributed by atoms with Crippen molar-refractivity contribution >= 4 is 0 Å². The highest BCUT2D eigenvalue weighted by Gasteiger charge is 1.95. The van der Waals surface area contributed by atoms with Gasteiger partial charge in [-0.15, -0.1) is 0 Å². The van der Waals surface area contributed by atoms with Crippen molar-refractivity contribution in [3.63, 3.8) is 0 Å². The van der Waals surface area contributed by atoms with Gasteiger partial charge in [-0.3, -0.25) is 4.98 Å². The second kappa shape index (κ2) is 6.19. The predicted molar refractivity (Wildman–Crippen MR) is 72.1 cm³/mol. The number of rotatable bonds is 5. The first-order chi connectivity index (χ1) is 8.34. The second-order valence-corrected chi connectivity index (χ2v) is 4.51. The van der Waals surface area contributed by atoms with Crippen LogP contribution in [0.15, 0.2) is 48.7 Å². The van der Waals surface area contributed by atoms with E-state index in [4.69, 9.17) is 0 Å². The largest absolute Gasteiger partial charge is 0.261 e. The van der Waals surface area contributed by atoms with E-state index in [1.165, 1.54) is 36.1 Å². The molecule has 0 unspecified atom stereocenters. The summed E-state index contributed by atoms with van der Waals surface area (Å²) in [5.74, 6) is 0.